The Morgan fingerprint density at radius 1 is 1.40 bits per heavy atom. The molecule has 4 rings (SSSR count). The number of nitrogens with one attached hydrogen (secondary N) is 1. The molecule has 56 valence electrons. The third-order valence-electron chi connectivity index (χ3n) is 4.10. The molecule has 0 spiro atoms. The van der Waals surface area contributed by atoms with Crippen molar-refractivity contribution in [2.24, 2.45) is 17.3 Å². The second kappa shape index (κ2) is 1.42. The molecule has 1 unspecified atom stereocenters. The fraction of sp³-hybridized carbons (Fsp3) is 1.00. The molecule has 2 bridgehead atoms. The summed E-state index contributed by atoms with van der Waals surface area (Å²) < 4.78 is 0. The normalized spacial score (nSPS) is 63.9. The van der Waals surface area contributed by atoms with E-state index in [1.54, 1.807) is 12.8 Å². The summed E-state index contributed by atoms with van der Waals surface area (Å²) in [5.74, 6) is 2.22. The average Bonchev–Trinajstić information content (AvgIpc) is 2.53. The Morgan fingerprint density at radius 2 is 2.10 bits per heavy atom. The van der Waals surface area contributed by atoms with Crippen LogP contribution in [0.5, 0.6) is 0 Å². The Hall–Kier alpha value is -0.0400. The van der Waals surface area contributed by atoms with Gasteiger partial charge in [-0.3, -0.25) is 0 Å². The molecule has 0 aromatic rings. The lowest BCUT2D eigenvalue weighted by molar-refractivity contribution is 0.201. The molecule has 0 aromatic carbocycles. The predicted molar refractivity (Wildman–Crippen MR) is 40.7 cm³/mol. The van der Waals surface area contributed by atoms with E-state index in [2.05, 4.69) is 12.2 Å². The highest BCUT2D eigenvalue weighted by atomic mass is 15.1. The van der Waals surface area contributed by atoms with Crippen LogP contribution >= 0.6 is 0 Å². The van der Waals surface area contributed by atoms with Crippen molar-refractivity contribution in [2.45, 2.75) is 32.2 Å². The lowest BCUT2D eigenvalue weighted by atomic mass is 9.74. The Kier molecular flexibility index (Phi) is 0.797. The monoisotopic (exact) mass is 137 g/mol. The van der Waals surface area contributed by atoms with Crippen LogP contribution in [0.25, 0.3) is 0 Å². The summed E-state index contributed by atoms with van der Waals surface area (Å²) in [4.78, 5) is 0. The molecular formula is C9H15N. The van der Waals surface area contributed by atoms with E-state index in [0.717, 1.165) is 23.3 Å². The number of fused-ring (bicyclic) bond motifs is 1. The first-order valence-corrected chi connectivity index (χ1v) is 4.52. The summed E-state index contributed by atoms with van der Waals surface area (Å²) in [6.07, 6.45) is 4.62. The van der Waals surface area contributed by atoms with Crippen LogP contribution in [0.2, 0.25) is 0 Å². The van der Waals surface area contributed by atoms with Gasteiger partial charge < -0.3 is 5.32 Å². The molecule has 1 saturated heterocycles. The van der Waals surface area contributed by atoms with Crippen molar-refractivity contribution in [3.63, 3.8) is 0 Å². The first kappa shape index (κ1) is 5.59. The molecule has 0 aromatic heterocycles. The van der Waals surface area contributed by atoms with Crippen molar-refractivity contribution in [2.75, 3.05) is 6.54 Å². The summed E-state index contributed by atoms with van der Waals surface area (Å²) in [6, 6.07) is 0.907. The van der Waals surface area contributed by atoms with Gasteiger partial charge >= 0.3 is 0 Å². The van der Waals surface area contributed by atoms with Crippen LogP contribution in [0.4, 0.5) is 0 Å². The second-order valence-electron chi connectivity index (χ2n) is 4.71. The highest BCUT2D eigenvalue weighted by molar-refractivity contribution is 5.11. The minimum Gasteiger partial charge on any atom is -0.311 e. The molecular weight excluding hydrogens is 122 g/mol. The van der Waals surface area contributed by atoms with Gasteiger partial charge in [-0.25, -0.2) is 0 Å². The second-order valence-corrected chi connectivity index (χ2v) is 4.71. The zero-order chi connectivity index (χ0) is 6.77. The molecule has 4 aliphatic rings. The molecule has 3 saturated carbocycles. The number of rotatable bonds is 1. The van der Waals surface area contributed by atoms with Crippen LogP contribution in [0.1, 0.15) is 26.2 Å². The zero-order valence-corrected chi connectivity index (χ0v) is 6.56. The minimum absolute atomic E-state index is 0.727. The van der Waals surface area contributed by atoms with E-state index in [-0.39, 0.29) is 0 Å². The van der Waals surface area contributed by atoms with Gasteiger partial charge in [-0.2, -0.15) is 0 Å². The van der Waals surface area contributed by atoms with E-state index in [0.29, 0.717) is 0 Å². The quantitative estimate of drug-likeness (QED) is 0.542. The van der Waals surface area contributed by atoms with Gasteiger partial charge in [0.05, 0.1) is 0 Å². The highest BCUT2D eigenvalue weighted by Crippen LogP contribution is 2.62. The van der Waals surface area contributed by atoms with Crippen LogP contribution in [-0.2, 0) is 0 Å². The molecule has 0 radical (unpaired) electrons. The lowest BCUT2D eigenvalue weighted by Gasteiger charge is -2.31. The molecule has 1 aliphatic heterocycles. The smallest absolute Gasteiger partial charge is 0.0249 e. The van der Waals surface area contributed by atoms with Gasteiger partial charge in [0.2, 0.25) is 0 Å². The van der Waals surface area contributed by atoms with Crippen molar-refractivity contribution in [1.29, 1.82) is 0 Å². The van der Waals surface area contributed by atoms with Gasteiger partial charge in [0.1, 0.15) is 0 Å². The molecule has 1 heteroatoms. The van der Waals surface area contributed by atoms with E-state index < -0.39 is 0 Å². The van der Waals surface area contributed by atoms with Gasteiger partial charge in [-0.1, -0.05) is 6.92 Å². The van der Waals surface area contributed by atoms with Crippen molar-refractivity contribution >= 4 is 0 Å². The summed E-state index contributed by atoms with van der Waals surface area (Å²) in [5.41, 5.74) is 0.727. The first-order chi connectivity index (χ1) is 4.79. The van der Waals surface area contributed by atoms with E-state index in [1.807, 2.05) is 0 Å². The molecule has 0 amide bonds. The van der Waals surface area contributed by atoms with E-state index >= 15 is 0 Å². The van der Waals surface area contributed by atoms with Crippen molar-refractivity contribution in [3.8, 4) is 0 Å². The Labute approximate surface area is 62.2 Å². The lowest BCUT2D eigenvalue weighted by Crippen LogP contribution is -2.28. The molecule has 2 atom stereocenters. The standard InChI is InChI=1S/C9H15N/c1-9(8-5-10-8)4-6-2-7(9)3-6/h6-8,10H,2-5H2,1H3/t6?,7?,8?,9-/m0/s1. The maximum atomic E-state index is 3.47. The maximum Gasteiger partial charge on any atom is 0.0249 e. The van der Waals surface area contributed by atoms with Crippen molar-refractivity contribution in [1.82, 2.24) is 5.32 Å². The van der Waals surface area contributed by atoms with Crippen LogP contribution in [0, 0.1) is 17.3 Å². The Bertz CT molecular complexity index is 168. The van der Waals surface area contributed by atoms with Gasteiger partial charge in [0.15, 0.2) is 0 Å². The SMILES string of the molecule is C[C@]1(C2CN2)CC2CC1C2. The average molecular weight is 137 g/mol. The van der Waals surface area contributed by atoms with Gasteiger partial charge in [-0.05, 0) is 36.5 Å². The zero-order valence-electron chi connectivity index (χ0n) is 6.56. The summed E-state index contributed by atoms with van der Waals surface area (Å²) in [5, 5.41) is 3.47. The Morgan fingerprint density at radius 3 is 2.50 bits per heavy atom. The van der Waals surface area contributed by atoms with E-state index in [9.17, 15) is 0 Å². The van der Waals surface area contributed by atoms with Crippen LogP contribution in [-0.4, -0.2) is 12.6 Å². The van der Waals surface area contributed by atoms with Crippen LogP contribution in [0.15, 0.2) is 0 Å². The minimum atomic E-state index is 0.727. The van der Waals surface area contributed by atoms with Crippen LogP contribution < -0.4 is 5.32 Å². The van der Waals surface area contributed by atoms with Gasteiger partial charge in [0.25, 0.3) is 0 Å². The van der Waals surface area contributed by atoms with Gasteiger partial charge in [0, 0.05) is 12.6 Å². The summed E-state index contributed by atoms with van der Waals surface area (Å²) in [7, 11) is 0. The summed E-state index contributed by atoms with van der Waals surface area (Å²) in [6.45, 7) is 3.80. The number of hydrogen-bond donors (Lipinski definition) is 1. The summed E-state index contributed by atoms with van der Waals surface area (Å²) >= 11 is 0. The molecule has 1 nitrogen and oxygen atoms in total. The fourth-order valence-electron chi connectivity index (χ4n) is 3.18. The molecule has 10 heavy (non-hydrogen) atoms. The molecule has 1 heterocycles. The van der Waals surface area contributed by atoms with Crippen LogP contribution in [0.3, 0.4) is 0 Å². The van der Waals surface area contributed by atoms with E-state index in [4.69, 9.17) is 0 Å². The molecule has 1 N–H and O–H groups in total. The number of hydrogen-bond acceptors (Lipinski definition) is 1. The predicted octanol–water partition coefficient (Wildman–Crippen LogP) is 1.39. The third kappa shape index (κ3) is 0.493. The molecule has 4 fully saturated rings. The van der Waals surface area contributed by atoms with Crippen molar-refractivity contribution in [3.05, 3.63) is 0 Å². The topological polar surface area (TPSA) is 21.9 Å². The maximum absolute atomic E-state index is 3.47. The third-order valence-corrected chi connectivity index (χ3v) is 4.10. The molecule has 3 aliphatic carbocycles. The fourth-order valence-corrected chi connectivity index (χ4v) is 3.18. The highest BCUT2D eigenvalue weighted by Gasteiger charge is 2.58. The largest absolute Gasteiger partial charge is 0.311 e. The van der Waals surface area contributed by atoms with Gasteiger partial charge in [-0.15, -0.1) is 0 Å². The Balaban J connectivity index is 1.89. The first-order valence-electron chi connectivity index (χ1n) is 4.52. The van der Waals surface area contributed by atoms with E-state index in [1.165, 1.54) is 13.0 Å². The van der Waals surface area contributed by atoms with Crippen molar-refractivity contribution < 1.29 is 0 Å².